The Hall–Kier alpha value is -1.40. The smallest absolute Gasteiger partial charge is 1.00 e. The minimum Gasteiger partial charge on any atom is -1.00 e. The third-order valence-electron chi connectivity index (χ3n) is 5.21. The van der Waals surface area contributed by atoms with Crippen LogP contribution in [-0.2, 0) is 32.6 Å². The van der Waals surface area contributed by atoms with Crippen molar-refractivity contribution >= 4 is 12.2 Å². The Balaban J connectivity index is 0.000000871. The van der Waals surface area contributed by atoms with E-state index in [0.717, 1.165) is 6.42 Å². The van der Waals surface area contributed by atoms with Crippen molar-refractivity contribution in [2.45, 2.75) is 12.3 Å². The third-order valence-corrected chi connectivity index (χ3v) is 5.21. The Bertz CT molecular complexity index is 1000. The molecular formula is C24H18Cl2Zr. The van der Waals surface area contributed by atoms with Crippen molar-refractivity contribution in [3.8, 4) is 11.1 Å². The minimum atomic E-state index is 0. The largest absolute Gasteiger partial charge is 2.00 e. The van der Waals surface area contributed by atoms with Crippen molar-refractivity contribution in [2.24, 2.45) is 0 Å². The molecule has 132 valence electrons. The molecule has 0 fully saturated rings. The summed E-state index contributed by atoms with van der Waals surface area (Å²) in [6.07, 6.45) is 10.2. The monoisotopic (exact) mass is 466 g/mol. The van der Waals surface area contributed by atoms with Crippen LogP contribution in [0.1, 0.15) is 33.7 Å². The van der Waals surface area contributed by atoms with E-state index in [1.54, 1.807) is 0 Å². The molecule has 0 amide bonds. The van der Waals surface area contributed by atoms with Gasteiger partial charge in [0.25, 0.3) is 0 Å². The van der Waals surface area contributed by atoms with Gasteiger partial charge < -0.3 is 24.8 Å². The number of rotatable bonds is 2. The van der Waals surface area contributed by atoms with Crippen molar-refractivity contribution in [3.05, 3.63) is 107 Å². The zero-order valence-electron chi connectivity index (χ0n) is 14.7. The molecular weight excluding hydrogens is 450 g/mol. The second kappa shape index (κ2) is 9.20. The van der Waals surface area contributed by atoms with Gasteiger partial charge in [-0.2, -0.15) is 0 Å². The van der Waals surface area contributed by atoms with Crippen molar-refractivity contribution in [1.82, 2.24) is 0 Å². The van der Waals surface area contributed by atoms with Crippen LogP contribution in [0, 0.1) is 0 Å². The molecule has 0 aliphatic heterocycles. The van der Waals surface area contributed by atoms with Crippen LogP contribution in [0.15, 0.2) is 78.9 Å². The fourth-order valence-corrected chi connectivity index (χ4v) is 3.99. The van der Waals surface area contributed by atoms with Crippen LogP contribution in [0.4, 0.5) is 0 Å². The minimum absolute atomic E-state index is 0. The van der Waals surface area contributed by atoms with Gasteiger partial charge in [0.1, 0.15) is 0 Å². The van der Waals surface area contributed by atoms with Crippen molar-refractivity contribution in [1.29, 1.82) is 0 Å². The van der Waals surface area contributed by atoms with Crippen molar-refractivity contribution in [2.75, 3.05) is 0 Å². The average molecular weight is 469 g/mol. The van der Waals surface area contributed by atoms with Gasteiger partial charge in [-0.05, 0) is 45.4 Å². The number of fused-ring (bicyclic) bond motifs is 4. The molecule has 0 N–H and O–H groups in total. The first kappa shape index (κ1) is 21.9. The molecule has 0 saturated heterocycles. The Morgan fingerprint density at radius 1 is 0.778 bits per heavy atom. The first-order valence-corrected chi connectivity index (χ1v) is 8.56. The van der Waals surface area contributed by atoms with E-state index in [-0.39, 0.29) is 51.0 Å². The van der Waals surface area contributed by atoms with E-state index in [9.17, 15) is 0 Å². The maximum Gasteiger partial charge on any atom is 2.00 e. The van der Waals surface area contributed by atoms with Crippen LogP contribution >= 0.6 is 0 Å². The van der Waals surface area contributed by atoms with Crippen LogP contribution in [0.25, 0.3) is 23.3 Å². The van der Waals surface area contributed by atoms with E-state index < -0.39 is 0 Å². The van der Waals surface area contributed by atoms with Crippen LogP contribution in [0.3, 0.4) is 0 Å². The summed E-state index contributed by atoms with van der Waals surface area (Å²) in [5.74, 6) is 0.390. The molecule has 0 bridgehead atoms. The van der Waals surface area contributed by atoms with Gasteiger partial charge in [-0.25, -0.2) is 0 Å². The summed E-state index contributed by atoms with van der Waals surface area (Å²) in [7, 11) is 0. The predicted molar refractivity (Wildman–Crippen MR) is 102 cm³/mol. The van der Waals surface area contributed by atoms with Gasteiger partial charge in [-0.15, -0.1) is 0 Å². The van der Waals surface area contributed by atoms with E-state index in [4.69, 9.17) is 0 Å². The van der Waals surface area contributed by atoms with E-state index in [1.807, 2.05) is 0 Å². The molecule has 0 radical (unpaired) electrons. The Morgan fingerprint density at radius 2 is 1.52 bits per heavy atom. The number of halogens is 2. The number of benzene rings is 3. The zero-order valence-corrected chi connectivity index (χ0v) is 18.7. The Labute approximate surface area is 192 Å². The average Bonchev–Trinajstić information content (AvgIpc) is 3.21. The molecule has 3 aromatic carbocycles. The molecule has 1 atom stereocenters. The van der Waals surface area contributed by atoms with Crippen LogP contribution < -0.4 is 24.8 Å². The Morgan fingerprint density at radius 3 is 2.41 bits per heavy atom. The molecule has 0 nitrogen and oxygen atoms in total. The van der Waals surface area contributed by atoms with Crippen molar-refractivity contribution < 1.29 is 51.0 Å². The molecule has 5 rings (SSSR count). The van der Waals surface area contributed by atoms with Gasteiger partial charge in [-0.3, -0.25) is 0 Å². The van der Waals surface area contributed by atoms with Crippen LogP contribution in [0.2, 0.25) is 0 Å². The second-order valence-corrected chi connectivity index (χ2v) is 6.58. The fourth-order valence-electron chi connectivity index (χ4n) is 3.99. The summed E-state index contributed by atoms with van der Waals surface area (Å²) in [6, 6.07) is 24.1. The summed E-state index contributed by atoms with van der Waals surface area (Å²) in [6.45, 7) is 0. The zero-order chi connectivity index (χ0) is 15.9. The summed E-state index contributed by atoms with van der Waals surface area (Å²) in [5.41, 5.74) is 9.80. The molecule has 0 spiro atoms. The molecule has 0 heterocycles. The molecule has 0 saturated carbocycles. The maximum atomic E-state index is 2.33. The molecule has 2 aliphatic rings. The van der Waals surface area contributed by atoms with E-state index >= 15 is 0 Å². The van der Waals surface area contributed by atoms with Gasteiger partial charge in [0.2, 0.25) is 0 Å². The van der Waals surface area contributed by atoms with E-state index in [1.165, 1.54) is 38.9 Å². The van der Waals surface area contributed by atoms with E-state index in [2.05, 4.69) is 91.0 Å². The topological polar surface area (TPSA) is 0 Å². The van der Waals surface area contributed by atoms with Gasteiger partial charge >= 0.3 is 26.2 Å². The standard InChI is InChI=1S/C24H18.2ClH.Zr/c1-3-9-21-17(6-1)12-14-19(21)15-13-18-8-5-11-23-22-10-4-2-7-20(22)16-24(18)23;;;/h1-15,19H,16H2;2*1H;/q;;;+2/p-2. The molecule has 2 aliphatic carbocycles. The number of hydrogen-bond acceptors (Lipinski definition) is 0. The van der Waals surface area contributed by atoms with Gasteiger partial charge in [0.15, 0.2) is 0 Å². The first-order valence-electron chi connectivity index (χ1n) is 8.56. The normalized spacial score (nSPS) is 15.2. The maximum absolute atomic E-state index is 2.33. The quantitative estimate of drug-likeness (QED) is 0.391. The summed E-state index contributed by atoms with van der Waals surface area (Å²) in [5, 5.41) is 0. The second-order valence-electron chi connectivity index (χ2n) is 6.58. The fraction of sp³-hybridized carbons (Fsp3) is 0.0833. The summed E-state index contributed by atoms with van der Waals surface area (Å²) in [4.78, 5) is 0. The predicted octanol–water partition coefficient (Wildman–Crippen LogP) is 0.0871. The van der Waals surface area contributed by atoms with Gasteiger partial charge in [0.05, 0.1) is 0 Å². The number of allylic oxidation sites excluding steroid dienone is 2. The van der Waals surface area contributed by atoms with Gasteiger partial charge in [-0.1, -0.05) is 91.0 Å². The van der Waals surface area contributed by atoms with Crippen LogP contribution in [-0.4, -0.2) is 0 Å². The molecule has 27 heavy (non-hydrogen) atoms. The third kappa shape index (κ3) is 3.92. The molecule has 1 unspecified atom stereocenters. The van der Waals surface area contributed by atoms with Crippen molar-refractivity contribution in [3.63, 3.8) is 0 Å². The number of hydrogen-bond donors (Lipinski definition) is 0. The molecule has 3 aromatic rings. The van der Waals surface area contributed by atoms with Gasteiger partial charge in [0, 0.05) is 5.92 Å². The molecule has 3 heteroatoms. The summed E-state index contributed by atoms with van der Waals surface area (Å²) < 4.78 is 0. The van der Waals surface area contributed by atoms with E-state index in [0.29, 0.717) is 5.92 Å². The van der Waals surface area contributed by atoms with Crippen LogP contribution in [0.5, 0.6) is 0 Å². The summed E-state index contributed by atoms with van der Waals surface area (Å²) >= 11 is 0. The first-order chi connectivity index (χ1) is 11.9. The Kier molecular flexibility index (Phi) is 7.46. The molecule has 0 aromatic heterocycles. The SMILES string of the molecule is C1=CC(C=Cc2cccc3c2Cc2ccccc2-3)c2ccccc21.[Cl-].[Cl-].[Zr+2].